The highest BCUT2D eigenvalue weighted by Gasteiger charge is 2.25. The van der Waals surface area contributed by atoms with Crippen molar-refractivity contribution in [2.75, 3.05) is 6.61 Å². The van der Waals surface area contributed by atoms with Crippen LogP contribution in [0.4, 0.5) is 0 Å². The minimum atomic E-state index is -2.63. The fourth-order valence-corrected chi connectivity index (χ4v) is 3.39. The minimum absolute atomic E-state index is 0.0958. The number of carbonyl (C=O) groups excluding carboxylic acids is 1. The molecule has 22 heavy (non-hydrogen) atoms. The van der Waals surface area contributed by atoms with E-state index in [0.717, 1.165) is 29.5 Å². The molecule has 0 radical (unpaired) electrons. The molecule has 1 aromatic carbocycles. The van der Waals surface area contributed by atoms with E-state index in [2.05, 4.69) is 6.92 Å². The summed E-state index contributed by atoms with van der Waals surface area (Å²) in [5.74, 6) is -0.0958. The van der Waals surface area contributed by atoms with E-state index in [1.807, 2.05) is 32.9 Å². The summed E-state index contributed by atoms with van der Waals surface area (Å²) in [5.41, 5.74) is 3.67. The Morgan fingerprint density at radius 1 is 1.18 bits per heavy atom. The first kappa shape index (κ1) is 19.1. The van der Waals surface area contributed by atoms with Crippen molar-refractivity contribution >= 4 is 14.0 Å². The lowest BCUT2D eigenvalue weighted by Gasteiger charge is -2.19. The summed E-state index contributed by atoms with van der Waals surface area (Å²) < 4.78 is 22.2. The Morgan fingerprint density at radius 2 is 1.77 bits per heavy atom. The first-order valence-corrected chi connectivity index (χ1v) is 9.08. The second-order valence-corrected chi connectivity index (χ2v) is 6.59. The molecule has 5 heteroatoms. The Labute approximate surface area is 134 Å². The van der Waals surface area contributed by atoms with Gasteiger partial charge in [0.2, 0.25) is 0 Å². The molecule has 4 nitrogen and oxygen atoms in total. The lowest BCUT2D eigenvalue weighted by Crippen LogP contribution is -2.24. The van der Waals surface area contributed by atoms with Crippen LogP contribution >= 0.6 is 8.25 Å². The van der Waals surface area contributed by atoms with E-state index in [4.69, 9.17) is 9.05 Å². The van der Waals surface area contributed by atoms with Crippen LogP contribution in [-0.2, 0) is 13.6 Å². The summed E-state index contributed by atoms with van der Waals surface area (Å²) in [7, 11) is -2.63. The van der Waals surface area contributed by atoms with E-state index < -0.39 is 14.4 Å². The van der Waals surface area contributed by atoms with Crippen molar-refractivity contribution in [1.82, 2.24) is 0 Å². The first-order chi connectivity index (χ1) is 10.4. The number of ketones is 1. The Bertz CT molecular complexity index is 516. The van der Waals surface area contributed by atoms with E-state index in [0.29, 0.717) is 18.6 Å². The molecule has 124 valence electrons. The van der Waals surface area contributed by atoms with Crippen molar-refractivity contribution in [3.63, 3.8) is 0 Å². The monoisotopic (exact) mass is 326 g/mol. The lowest BCUT2D eigenvalue weighted by atomic mass is 9.93. The molecule has 0 fully saturated rings. The van der Waals surface area contributed by atoms with Crippen molar-refractivity contribution in [2.24, 2.45) is 0 Å². The molecule has 0 amide bonds. The van der Waals surface area contributed by atoms with Gasteiger partial charge in [-0.1, -0.05) is 37.5 Å². The number of hydrogen-bond acceptors (Lipinski definition) is 4. The van der Waals surface area contributed by atoms with Gasteiger partial charge in [-0.15, -0.1) is 0 Å². The molecule has 0 saturated carbocycles. The first-order valence-electron chi connectivity index (χ1n) is 7.86. The normalized spacial score (nSPS) is 13.9. The standard InChI is InChI=1S/C17H27O4P/c1-6-8-9-15(21-22(19)20-7-2)17(18)16-13(4)10-12(3)11-14(16)5/h10-11,15,22H,6-9H2,1-5H3. The summed E-state index contributed by atoms with van der Waals surface area (Å²) in [5, 5.41) is 0. The van der Waals surface area contributed by atoms with E-state index in [-0.39, 0.29) is 5.78 Å². The molecular weight excluding hydrogens is 299 g/mol. The SMILES string of the molecule is CCCCC(O[PH](=O)OCC)C(=O)c1c(C)cc(C)cc1C. The van der Waals surface area contributed by atoms with E-state index in [1.54, 1.807) is 6.92 Å². The van der Waals surface area contributed by atoms with Crippen molar-refractivity contribution in [3.8, 4) is 0 Å². The van der Waals surface area contributed by atoms with Gasteiger partial charge >= 0.3 is 8.25 Å². The zero-order valence-electron chi connectivity index (χ0n) is 14.2. The number of carbonyl (C=O) groups is 1. The van der Waals surface area contributed by atoms with E-state index in [9.17, 15) is 9.36 Å². The van der Waals surface area contributed by atoms with E-state index >= 15 is 0 Å². The average Bonchev–Trinajstić information content (AvgIpc) is 2.42. The smallest absolute Gasteiger partial charge is 0.311 e. The second-order valence-electron chi connectivity index (χ2n) is 5.57. The highest BCUT2D eigenvalue weighted by Crippen LogP contribution is 2.30. The van der Waals surface area contributed by atoms with Gasteiger partial charge in [0.25, 0.3) is 0 Å². The van der Waals surface area contributed by atoms with Gasteiger partial charge in [-0.3, -0.25) is 13.9 Å². The largest absolute Gasteiger partial charge is 0.319 e. The summed E-state index contributed by atoms with van der Waals surface area (Å²) in [6, 6.07) is 3.98. The van der Waals surface area contributed by atoms with Gasteiger partial charge in [-0.2, -0.15) is 0 Å². The van der Waals surface area contributed by atoms with Crippen molar-refractivity contribution in [3.05, 3.63) is 34.4 Å². The summed E-state index contributed by atoms with van der Waals surface area (Å²) >= 11 is 0. The van der Waals surface area contributed by atoms with Crippen LogP contribution in [0.25, 0.3) is 0 Å². The third-order valence-corrected chi connectivity index (χ3v) is 4.54. The number of benzene rings is 1. The topological polar surface area (TPSA) is 52.6 Å². The number of aryl methyl sites for hydroxylation is 3. The maximum atomic E-state index is 12.8. The highest BCUT2D eigenvalue weighted by molar-refractivity contribution is 7.33. The second kappa shape index (κ2) is 9.24. The predicted octanol–water partition coefficient (Wildman–Crippen LogP) is 4.80. The molecule has 0 saturated heterocycles. The van der Waals surface area contributed by atoms with Crippen LogP contribution < -0.4 is 0 Å². The molecule has 0 heterocycles. The molecule has 0 aliphatic carbocycles. The third kappa shape index (κ3) is 5.35. The molecule has 0 aliphatic heterocycles. The number of Topliss-reactive ketones (excluding diaryl/α,β-unsaturated/α-hetero) is 1. The van der Waals surface area contributed by atoms with Gasteiger partial charge in [-0.05, 0) is 45.2 Å². The Morgan fingerprint density at radius 3 is 2.27 bits per heavy atom. The highest BCUT2D eigenvalue weighted by atomic mass is 31.1. The summed E-state index contributed by atoms with van der Waals surface area (Å²) in [6.07, 6.45) is 1.67. The van der Waals surface area contributed by atoms with Gasteiger partial charge in [-0.25, -0.2) is 0 Å². The fourth-order valence-electron chi connectivity index (χ4n) is 2.63. The number of hydrogen-bond donors (Lipinski definition) is 0. The summed E-state index contributed by atoms with van der Waals surface area (Å²) in [6.45, 7) is 9.98. The Balaban J connectivity index is 3.03. The van der Waals surface area contributed by atoms with Crippen molar-refractivity contribution in [2.45, 2.75) is 60.0 Å². The van der Waals surface area contributed by atoms with Crippen LogP contribution in [-0.4, -0.2) is 18.5 Å². The number of unbranched alkanes of at least 4 members (excludes halogenated alkanes) is 1. The van der Waals surface area contributed by atoms with Gasteiger partial charge in [0.1, 0.15) is 6.10 Å². The molecule has 1 rings (SSSR count). The average molecular weight is 326 g/mol. The maximum absolute atomic E-state index is 12.8. The van der Waals surface area contributed by atoms with Crippen LogP contribution in [0.5, 0.6) is 0 Å². The van der Waals surface area contributed by atoms with Crippen LogP contribution in [0.15, 0.2) is 12.1 Å². The Kier molecular flexibility index (Phi) is 8.02. The van der Waals surface area contributed by atoms with E-state index in [1.165, 1.54) is 0 Å². The minimum Gasteiger partial charge on any atom is -0.311 e. The fraction of sp³-hybridized carbons (Fsp3) is 0.588. The molecule has 0 N–H and O–H groups in total. The molecule has 0 spiro atoms. The zero-order chi connectivity index (χ0) is 16.7. The van der Waals surface area contributed by atoms with Crippen molar-refractivity contribution in [1.29, 1.82) is 0 Å². The molecule has 0 aromatic heterocycles. The van der Waals surface area contributed by atoms with Crippen LogP contribution in [0.2, 0.25) is 0 Å². The zero-order valence-corrected chi connectivity index (χ0v) is 15.2. The number of rotatable bonds is 9. The molecular formula is C17H27O4P. The molecule has 1 aromatic rings. The molecule has 0 bridgehead atoms. The quantitative estimate of drug-likeness (QED) is 0.483. The third-order valence-electron chi connectivity index (χ3n) is 3.54. The lowest BCUT2D eigenvalue weighted by molar-refractivity contribution is 0.0748. The molecule has 2 atom stereocenters. The maximum Gasteiger partial charge on any atom is 0.319 e. The van der Waals surface area contributed by atoms with Crippen molar-refractivity contribution < 1.29 is 18.4 Å². The molecule has 2 unspecified atom stereocenters. The Hall–Kier alpha value is -0.960. The van der Waals surface area contributed by atoms with Crippen LogP contribution in [0.1, 0.15) is 60.2 Å². The van der Waals surface area contributed by atoms with Gasteiger partial charge in [0, 0.05) is 5.56 Å². The van der Waals surface area contributed by atoms with Gasteiger partial charge in [0.05, 0.1) is 6.61 Å². The summed E-state index contributed by atoms with van der Waals surface area (Å²) in [4.78, 5) is 12.8. The van der Waals surface area contributed by atoms with Gasteiger partial charge in [0.15, 0.2) is 5.78 Å². The van der Waals surface area contributed by atoms with Crippen LogP contribution in [0.3, 0.4) is 0 Å². The molecule has 0 aliphatic rings. The van der Waals surface area contributed by atoms with Crippen LogP contribution in [0, 0.1) is 20.8 Å². The van der Waals surface area contributed by atoms with Gasteiger partial charge < -0.3 is 4.52 Å². The predicted molar refractivity (Wildman–Crippen MR) is 90.0 cm³/mol.